The molecule has 8 atom stereocenters. The molecule has 4 saturated carbocycles. The maximum Gasteiger partial charge on any atom is 0.0543 e. The van der Waals surface area contributed by atoms with E-state index in [1.807, 2.05) is 0 Å². The van der Waals surface area contributed by atoms with Crippen molar-refractivity contribution >= 4 is 0 Å². The van der Waals surface area contributed by atoms with Gasteiger partial charge in [-0.3, -0.25) is 0 Å². The SMILES string of the molecule is CC12CCC3C(CCC4CC(O)CCC43C)C1CCC2N. The predicted molar refractivity (Wildman–Crippen MR) is 85.7 cm³/mol. The molecular formula is C19H33NO. The van der Waals surface area contributed by atoms with Crippen LogP contribution in [0.3, 0.4) is 0 Å². The van der Waals surface area contributed by atoms with Crippen LogP contribution in [0.15, 0.2) is 0 Å². The third-order valence-electron chi connectivity index (χ3n) is 8.71. The summed E-state index contributed by atoms with van der Waals surface area (Å²) >= 11 is 0. The average molecular weight is 291 g/mol. The van der Waals surface area contributed by atoms with E-state index in [0.29, 0.717) is 16.9 Å². The molecule has 21 heavy (non-hydrogen) atoms. The molecule has 0 aromatic heterocycles. The second-order valence-electron chi connectivity index (χ2n) is 9.31. The summed E-state index contributed by atoms with van der Waals surface area (Å²) in [6.45, 7) is 5.06. The maximum absolute atomic E-state index is 10.1. The number of hydrogen-bond donors (Lipinski definition) is 2. The summed E-state index contributed by atoms with van der Waals surface area (Å²) in [6, 6.07) is 0.446. The Hall–Kier alpha value is -0.0800. The molecule has 0 spiro atoms. The standard InChI is InChI=1S/C19H33NO/c1-18-9-7-13(21)11-12(18)3-4-14-15-5-6-17(20)19(15,2)10-8-16(14)18/h12-17,21H,3-11,20H2,1-2H3. The van der Waals surface area contributed by atoms with E-state index in [1.54, 1.807) is 0 Å². The highest BCUT2D eigenvalue weighted by molar-refractivity contribution is 5.10. The van der Waals surface area contributed by atoms with Crippen LogP contribution in [0.25, 0.3) is 0 Å². The lowest BCUT2D eigenvalue weighted by molar-refractivity contribution is -0.122. The van der Waals surface area contributed by atoms with Gasteiger partial charge in [0.1, 0.15) is 0 Å². The number of fused-ring (bicyclic) bond motifs is 5. The topological polar surface area (TPSA) is 46.2 Å². The van der Waals surface area contributed by atoms with Crippen LogP contribution in [-0.2, 0) is 0 Å². The van der Waals surface area contributed by atoms with Crippen LogP contribution in [0.2, 0.25) is 0 Å². The molecule has 0 aromatic rings. The minimum Gasteiger partial charge on any atom is -0.393 e. The molecule has 0 aliphatic heterocycles. The van der Waals surface area contributed by atoms with E-state index in [-0.39, 0.29) is 6.10 Å². The van der Waals surface area contributed by atoms with E-state index in [4.69, 9.17) is 5.73 Å². The van der Waals surface area contributed by atoms with Crippen molar-refractivity contribution < 1.29 is 5.11 Å². The first kappa shape index (κ1) is 14.5. The van der Waals surface area contributed by atoms with E-state index in [1.165, 1.54) is 44.9 Å². The fraction of sp³-hybridized carbons (Fsp3) is 1.00. The van der Waals surface area contributed by atoms with Crippen LogP contribution in [0.5, 0.6) is 0 Å². The first-order chi connectivity index (χ1) is 9.95. The molecule has 4 fully saturated rings. The molecule has 4 rings (SSSR count). The monoisotopic (exact) mass is 291 g/mol. The van der Waals surface area contributed by atoms with Crippen molar-refractivity contribution in [1.29, 1.82) is 0 Å². The second-order valence-corrected chi connectivity index (χ2v) is 9.31. The lowest BCUT2D eigenvalue weighted by atomic mass is 9.45. The highest BCUT2D eigenvalue weighted by Crippen LogP contribution is 2.65. The summed E-state index contributed by atoms with van der Waals surface area (Å²) in [6.07, 6.45) is 11.5. The van der Waals surface area contributed by atoms with Crippen molar-refractivity contribution in [1.82, 2.24) is 0 Å². The van der Waals surface area contributed by atoms with Crippen molar-refractivity contribution in [2.24, 2.45) is 40.2 Å². The summed E-state index contributed by atoms with van der Waals surface area (Å²) < 4.78 is 0. The van der Waals surface area contributed by atoms with E-state index in [9.17, 15) is 5.11 Å². The first-order valence-electron chi connectivity index (χ1n) is 9.39. The number of hydrogen-bond acceptors (Lipinski definition) is 2. The zero-order chi connectivity index (χ0) is 14.8. The second kappa shape index (κ2) is 4.71. The van der Waals surface area contributed by atoms with E-state index in [2.05, 4.69) is 13.8 Å². The third kappa shape index (κ3) is 1.91. The molecule has 0 bridgehead atoms. The fourth-order valence-electron chi connectivity index (χ4n) is 7.28. The minimum absolute atomic E-state index is 0.0200. The number of nitrogens with two attached hydrogens (primary N) is 1. The van der Waals surface area contributed by atoms with Crippen molar-refractivity contribution in [2.75, 3.05) is 0 Å². The molecule has 8 unspecified atom stereocenters. The van der Waals surface area contributed by atoms with Gasteiger partial charge < -0.3 is 10.8 Å². The summed E-state index contributed by atoms with van der Waals surface area (Å²) in [5, 5.41) is 10.1. The van der Waals surface area contributed by atoms with Crippen molar-refractivity contribution in [3.63, 3.8) is 0 Å². The summed E-state index contributed by atoms with van der Waals surface area (Å²) in [4.78, 5) is 0. The average Bonchev–Trinajstić information content (AvgIpc) is 2.76. The Morgan fingerprint density at radius 3 is 2.38 bits per heavy atom. The van der Waals surface area contributed by atoms with Gasteiger partial charge in [0.15, 0.2) is 0 Å². The smallest absolute Gasteiger partial charge is 0.0543 e. The van der Waals surface area contributed by atoms with Crippen LogP contribution >= 0.6 is 0 Å². The highest BCUT2D eigenvalue weighted by atomic mass is 16.3. The van der Waals surface area contributed by atoms with Crippen LogP contribution in [-0.4, -0.2) is 17.3 Å². The largest absolute Gasteiger partial charge is 0.393 e. The quantitative estimate of drug-likeness (QED) is 0.714. The summed E-state index contributed by atoms with van der Waals surface area (Å²) in [5.74, 6) is 3.50. The Labute approximate surface area is 129 Å². The minimum atomic E-state index is -0.0200. The van der Waals surface area contributed by atoms with Gasteiger partial charge in [-0.05, 0) is 92.3 Å². The molecule has 2 nitrogen and oxygen atoms in total. The molecule has 120 valence electrons. The number of aliphatic hydroxyl groups excluding tert-OH is 1. The summed E-state index contributed by atoms with van der Waals surface area (Å²) in [7, 11) is 0. The molecule has 0 saturated heterocycles. The lowest BCUT2D eigenvalue weighted by Gasteiger charge is -2.60. The van der Waals surface area contributed by atoms with Crippen molar-refractivity contribution in [2.45, 2.75) is 83.8 Å². The fourth-order valence-corrected chi connectivity index (χ4v) is 7.28. The van der Waals surface area contributed by atoms with Gasteiger partial charge >= 0.3 is 0 Å². The van der Waals surface area contributed by atoms with Crippen molar-refractivity contribution in [3.8, 4) is 0 Å². The molecule has 4 aliphatic carbocycles. The molecule has 2 heteroatoms. The van der Waals surface area contributed by atoms with E-state index in [0.717, 1.165) is 36.5 Å². The van der Waals surface area contributed by atoms with Gasteiger partial charge in [0.2, 0.25) is 0 Å². The predicted octanol–water partition coefficient (Wildman–Crippen LogP) is 3.72. The van der Waals surface area contributed by atoms with Gasteiger partial charge in [-0.1, -0.05) is 13.8 Å². The van der Waals surface area contributed by atoms with Crippen LogP contribution in [0.1, 0.15) is 71.6 Å². The maximum atomic E-state index is 10.1. The molecule has 4 aliphatic rings. The Morgan fingerprint density at radius 2 is 1.57 bits per heavy atom. The Kier molecular flexibility index (Phi) is 3.25. The zero-order valence-corrected chi connectivity index (χ0v) is 13.9. The van der Waals surface area contributed by atoms with Gasteiger partial charge in [0.25, 0.3) is 0 Å². The Morgan fingerprint density at radius 1 is 0.857 bits per heavy atom. The van der Waals surface area contributed by atoms with Crippen LogP contribution in [0.4, 0.5) is 0 Å². The van der Waals surface area contributed by atoms with Crippen LogP contribution < -0.4 is 5.73 Å². The number of aliphatic hydroxyl groups is 1. The molecule has 0 heterocycles. The van der Waals surface area contributed by atoms with E-state index < -0.39 is 0 Å². The molecule has 0 aromatic carbocycles. The van der Waals surface area contributed by atoms with Gasteiger partial charge in [0, 0.05) is 6.04 Å². The molecular weight excluding hydrogens is 258 g/mol. The van der Waals surface area contributed by atoms with Crippen molar-refractivity contribution in [3.05, 3.63) is 0 Å². The van der Waals surface area contributed by atoms with Crippen LogP contribution in [0, 0.1) is 34.5 Å². The number of rotatable bonds is 0. The van der Waals surface area contributed by atoms with Gasteiger partial charge in [-0.2, -0.15) is 0 Å². The van der Waals surface area contributed by atoms with Gasteiger partial charge in [-0.25, -0.2) is 0 Å². The zero-order valence-electron chi connectivity index (χ0n) is 13.9. The highest BCUT2D eigenvalue weighted by Gasteiger charge is 2.59. The summed E-state index contributed by atoms with van der Waals surface area (Å²) in [5.41, 5.74) is 7.43. The lowest BCUT2D eigenvalue weighted by Crippen LogP contribution is -2.55. The van der Waals surface area contributed by atoms with Gasteiger partial charge in [-0.15, -0.1) is 0 Å². The van der Waals surface area contributed by atoms with Gasteiger partial charge in [0.05, 0.1) is 6.10 Å². The first-order valence-corrected chi connectivity index (χ1v) is 9.39. The Bertz CT molecular complexity index is 424. The molecule has 3 N–H and O–H groups in total. The molecule has 0 radical (unpaired) electrons. The Balaban J connectivity index is 1.62. The molecule has 0 amide bonds. The van der Waals surface area contributed by atoms with E-state index >= 15 is 0 Å². The normalized spacial score (nSPS) is 60.0. The third-order valence-corrected chi connectivity index (χ3v) is 8.71.